The van der Waals surface area contributed by atoms with E-state index in [1.807, 2.05) is 0 Å². The molecule has 0 radical (unpaired) electrons. The third-order valence-electron chi connectivity index (χ3n) is 2.18. The lowest BCUT2D eigenvalue weighted by atomic mass is 9.93. The van der Waals surface area contributed by atoms with Gasteiger partial charge in [-0.2, -0.15) is 0 Å². The summed E-state index contributed by atoms with van der Waals surface area (Å²) in [4.78, 5) is 10.3. The molecule has 1 fully saturated rings. The predicted octanol–water partition coefficient (Wildman–Crippen LogP) is 0.849. The molecule has 11 heavy (non-hydrogen) atoms. The van der Waals surface area contributed by atoms with E-state index in [0.717, 1.165) is 13.0 Å². The quantitative estimate of drug-likeness (QED) is 0.624. The maximum Gasteiger partial charge on any atom is 0.304 e. The second kappa shape index (κ2) is 3.72. The topological polar surface area (TPSA) is 49.3 Å². The number of hydrogen-bond donors (Lipinski definition) is 2. The second-order valence-corrected chi connectivity index (χ2v) is 3.38. The highest BCUT2D eigenvalue weighted by Gasteiger charge is 2.19. The fourth-order valence-electron chi connectivity index (χ4n) is 1.59. The highest BCUT2D eigenvalue weighted by atomic mass is 16.4. The van der Waals surface area contributed by atoms with Gasteiger partial charge in [0.05, 0.1) is 6.42 Å². The highest BCUT2D eigenvalue weighted by molar-refractivity contribution is 5.67. The standard InChI is InChI=1S/C8H15NO2/c1-6-2-3-9-7(4-6)5-8(10)11/h6-7,9H,2-5H2,1H3,(H,10,11)/t6-,7-/m0/s1. The number of carboxylic acid groups (broad SMARTS) is 1. The van der Waals surface area contributed by atoms with Gasteiger partial charge in [0.25, 0.3) is 0 Å². The van der Waals surface area contributed by atoms with Crippen LogP contribution in [0.4, 0.5) is 0 Å². The van der Waals surface area contributed by atoms with Crippen molar-refractivity contribution in [3.05, 3.63) is 0 Å². The maximum atomic E-state index is 10.3. The van der Waals surface area contributed by atoms with Gasteiger partial charge in [0.15, 0.2) is 0 Å². The number of piperidine rings is 1. The van der Waals surface area contributed by atoms with Gasteiger partial charge < -0.3 is 10.4 Å². The van der Waals surface area contributed by atoms with E-state index >= 15 is 0 Å². The molecular weight excluding hydrogens is 142 g/mol. The first-order valence-corrected chi connectivity index (χ1v) is 4.13. The van der Waals surface area contributed by atoms with E-state index in [4.69, 9.17) is 5.11 Å². The van der Waals surface area contributed by atoms with Crippen LogP contribution in [0.25, 0.3) is 0 Å². The van der Waals surface area contributed by atoms with Gasteiger partial charge in [0.2, 0.25) is 0 Å². The summed E-state index contributed by atoms with van der Waals surface area (Å²) in [5.74, 6) is -0.0165. The van der Waals surface area contributed by atoms with Gasteiger partial charge in [-0.05, 0) is 25.3 Å². The summed E-state index contributed by atoms with van der Waals surface area (Å²) in [5, 5.41) is 11.7. The summed E-state index contributed by atoms with van der Waals surface area (Å²) in [7, 11) is 0. The van der Waals surface area contributed by atoms with Crippen molar-refractivity contribution in [2.75, 3.05) is 6.54 Å². The molecule has 0 aromatic rings. The number of carboxylic acids is 1. The summed E-state index contributed by atoms with van der Waals surface area (Å²) in [6.07, 6.45) is 2.45. The zero-order valence-corrected chi connectivity index (χ0v) is 6.84. The van der Waals surface area contributed by atoms with Crippen molar-refractivity contribution in [2.24, 2.45) is 5.92 Å². The molecule has 1 saturated heterocycles. The molecule has 0 aromatic carbocycles. The molecule has 2 atom stereocenters. The summed E-state index contributed by atoms with van der Waals surface area (Å²) >= 11 is 0. The molecule has 1 rings (SSSR count). The van der Waals surface area contributed by atoms with E-state index in [1.54, 1.807) is 0 Å². The van der Waals surface area contributed by atoms with Crippen molar-refractivity contribution in [1.29, 1.82) is 0 Å². The zero-order valence-electron chi connectivity index (χ0n) is 6.84. The van der Waals surface area contributed by atoms with Crippen LogP contribution in [0.15, 0.2) is 0 Å². The molecule has 3 heteroatoms. The Morgan fingerprint density at radius 3 is 3.00 bits per heavy atom. The van der Waals surface area contributed by atoms with Crippen LogP contribution in [-0.2, 0) is 4.79 Å². The monoisotopic (exact) mass is 157 g/mol. The van der Waals surface area contributed by atoms with Gasteiger partial charge in [-0.3, -0.25) is 4.79 Å². The molecule has 1 aliphatic heterocycles. The number of aliphatic carboxylic acids is 1. The Hall–Kier alpha value is -0.570. The smallest absolute Gasteiger partial charge is 0.304 e. The van der Waals surface area contributed by atoms with Crippen LogP contribution in [0, 0.1) is 5.92 Å². The van der Waals surface area contributed by atoms with Crippen LogP contribution in [0.5, 0.6) is 0 Å². The van der Waals surface area contributed by atoms with Crippen LogP contribution in [0.3, 0.4) is 0 Å². The van der Waals surface area contributed by atoms with Gasteiger partial charge >= 0.3 is 5.97 Å². The number of carbonyl (C=O) groups is 1. The first-order valence-electron chi connectivity index (χ1n) is 4.13. The normalized spacial score (nSPS) is 31.7. The minimum absolute atomic E-state index is 0.205. The van der Waals surface area contributed by atoms with Crippen molar-refractivity contribution in [2.45, 2.75) is 32.2 Å². The summed E-state index contributed by atoms with van der Waals surface area (Å²) in [6.45, 7) is 3.15. The molecule has 0 spiro atoms. The first-order chi connectivity index (χ1) is 5.18. The molecular formula is C8H15NO2. The van der Waals surface area contributed by atoms with Gasteiger partial charge in [-0.25, -0.2) is 0 Å². The van der Waals surface area contributed by atoms with E-state index < -0.39 is 5.97 Å². The molecule has 1 heterocycles. The molecule has 0 unspecified atom stereocenters. The van der Waals surface area contributed by atoms with Gasteiger partial charge in [-0.1, -0.05) is 6.92 Å². The van der Waals surface area contributed by atoms with Crippen molar-refractivity contribution >= 4 is 5.97 Å². The average molecular weight is 157 g/mol. The molecule has 0 aliphatic carbocycles. The molecule has 64 valence electrons. The van der Waals surface area contributed by atoms with E-state index in [2.05, 4.69) is 12.2 Å². The van der Waals surface area contributed by atoms with E-state index in [1.165, 1.54) is 6.42 Å². The lowest BCUT2D eigenvalue weighted by molar-refractivity contribution is -0.137. The average Bonchev–Trinajstić information content (AvgIpc) is 1.85. The summed E-state index contributed by atoms with van der Waals surface area (Å²) < 4.78 is 0. The van der Waals surface area contributed by atoms with Crippen molar-refractivity contribution < 1.29 is 9.90 Å². The second-order valence-electron chi connectivity index (χ2n) is 3.38. The third-order valence-corrected chi connectivity index (χ3v) is 2.18. The van der Waals surface area contributed by atoms with Crippen LogP contribution in [0.2, 0.25) is 0 Å². The number of rotatable bonds is 2. The fraction of sp³-hybridized carbons (Fsp3) is 0.875. The zero-order chi connectivity index (χ0) is 8.27. The SMILES string of the molecule is C[C@H]1CCN[C@H](CC(=O)O)C1. The largest absolute Gasteiger partial charge is 0.481 e. The molecule has 0 bridgehead atoms. The Morgan fingerprint density at radius 2 is 2.45 bits per heavy atom. The highest BCUT2D eigenvalue weighted by Crippen LogP contribution is 2.16. The van der Waals surface area contributed by atoms with E-state index in [0.29, 0.717) is 5.92 Å². The number of hydrogen-bond acceptors (Lipinski definition) is 2. The fourth-order valence-corrected chi connectivity index (χ4v) is 1.59. The Bertz CT molecular complexity index is 147. The lowest BCUT2D eigenvalue weighted by Crippen LogP contribution is -2.38. The summed E-state index contributed by atoms with van der Waals surface area (Å²) in [6, 6.07) is 0.205. The van der Waals surface area contributed by atoms with Gasteiger partial charge in [0, 0.05) is 6.04 Å². The van der Waals surface area contributed by atoms with Crippen molar-refractivity contribution in [3.63, 3.8) is 0 Å². The maximum absolute atomic E-state index is 10.3. The molecule has 0 amide bonds. The Balaban J connectivity index is 2.28. The van der Waals surface area contributed by atoms with Crippen molar-refractivity contribution in [3.8, 4) is 0 Å². The van der Waals surface area contributed by atoms with Crippen LogP contribution >= 0.6 is 0 Å². The Morgan fingerprint density at radius 1 is 1.73 bits per heavy atom. The summed E-state index contributed by atoms with van der Waals surface area (Å²) in [5.41, 5.74) is 0. The molecule has 0 saturated carbocycles. The van der Waals surface area contributed by atoms with Crippen LogP contribution in [-0.4, -0.2) is 23.7 Å². The molecule has 2 N–H and O–H groups in total. The predicted molar refractivity (Wildman–Crippen MR) is 42.4 cm³/mol. The van der Waals surface area contributed by atoms with Gasteiger partial charge in [-0.15, -0.1) is 0 Å². The van der Waals surface area contributed by atoms with Gasteiger partial charge in [0.1, 0.15) is 0 Å². The Kier molecular flexibility index (Phi) is 2.88. The third kappa shape index (κ3) is 2.89. The molecule has 3 nitrogen and oxygen atoms in total. The minimum Gasteiger partial charge on any atom is -0.481 e. The lowest BCUT2D eigenvalue weighted by Gasteiger charge is -2.26. The van der Waals surface area contributed by atoms with Crippen LogP contribution in [0.1, 0.15) is 26.2 Å². The first kappa shape index (κ1) is 8.53. The van der Waals surface area contributed by atoms with E-state index in [-0.39, 0.29) is 12.5 Å². The molecule has 1 aliphatic rings. The number of nitrogens with one attached hydrogen (secondary N) is 1. The van der Waals surface area contributed by atoms with Crippen LogP contribution < -0.4 is 5.32 Å². The Labute approximate surface area is 66.8 Å². The molecule has 0 aromatic heterocycles. The van der Waals surface area contributed by atoms with Crippen molar-refractivity contribution in [1.82, 2.24) is 5.32 Å². The van der Waals surface area contributed by atoms with E-state index in [9.17, 15) is 4.79 Å². The minimum atomic E-state index is -0.698.